The first-order chi connectivity index (χ1) is 16.7. The van der Waals surface area contributed by atoms with Gasteiger partial charge in [0.25, 0.3) is 5.91 Å². The maximum absolute atomic E-state index is 12.6. The van der Waals surface area contributed by atoms with Crippen LogP contribution in [0.3, 0.4) is 0 Å². The lowest BCUT2D eigenvalue weighted by molar-refractivity contribution is 0.0956. The highest BCUT2D eigenvalue weighted by Gasteiger charge is 2.29. The molecule has 1 aliphatic rings. The van der Waals surface area contributed by atoms with Crippen LogP contribution in [-0.2, 0) is 6.54 Å². The quantitative estimate of drug-likeness (QED) is 0.231. The van der Waals surface area contributed by atoms with E-state index in [1.54, 1.807) is 41.8 Å². The molecule has 0 radical (unpaired) electrons. The van der Waals surface area contributed by atoms with E-state index in [-0.39, 0.29) is 29.4 Å². The maximum Gasteiger partial charge on any atom is 0.281 e. The summed E-state index contributed by atoms with van der Waals surface area (Å²) in [5, 5.41) is 15.8. The minimum Gasteiger partial charge on any atom is -0.510 e. The predicted molar refractivity (Wildman–Crippen MR) is 142 cm³/mol. The second kappa shape index (κ2) is 10.8. The highest BCUT2D eigenvalue weighted by Crippen LogP contribution is 2.43. The molecule has 1 unspecified atom stereocenters. The van der Waals surface area contributed by atoms with Crippen LogP contribution in [0.1, 0.15) is 31.8 Å². The summed E-state index contributed by atoms with van der Waals surface area (Å²) < 4.78 is 1.60. The number of rotatable bonds is 7. The number of aliphatic hydroxyl groups excluding tert-OH is 1. The van der Waals surface area contributed by atoms with Gasteiger partial charge in [0.1, 0.15) is 5.76 Å². The number of benzene rings is 1. The largest absolute Gasteiger partial charge is 0.510 e. The number of ketones is 1. The Morgan fingerprint density at radius 2 is 1.83 bits per heavy atom. The molecule has 1 aliphatic heterocycles. The number of thioether (sulfide) groups is 1. The molecule has 11 heteroatoms. The van der Waals surface area contributed by atoms with E-state index in [0.29, 0.717) is 36.2 Å². The highest BCUT2D eigenvalue weighted by molar-refractivity contribution is 8.08. The fourth-order valence-corrected chi connectivity index (χ4v) is 5.78. The Kier molecular flexibility index (Phi) is 7.81. The zero-order chi connectivity index (χ0) is 25.1. The molecule has 2 N–H and O–H groups in total. The Labute approximate surface area is 219 Å². The Balaban J connectivity index is 1.40. The molecule has 0 spiro atoms. The van der Waals surface area contributed by atoms with Gasteiger partial charge in [-0.3, -0.25) is 14.4 Å². The number of halogens is 2. The predicted octanol–water partition coefficient (Wildman–Crippen LogP) is 5.50. The van der Waals surface area contributed by atoms with Crippen molar-refractivity contribution in [1.29, 1.82) is 0 Å². The van der Waals surface area contributed by atoms with Crippen molar-refractivity contribution < 1.29 is 14.7 Å². The van der Waals surface area contributed by atoms with E-state index in [1.807, 2.05) is 0 Å². The molecule has 3 heterocycles. The SMILES string of the molecule is C/C(=N\NC(=O)c1ccc(C(=O)Cn2ccc(=O)cc2)s1)C1CSC(c2ccc(Cl)c(Cl)c2)=C1O. The molecule has 1 aromatic carbocycles. The summed E-state index contributed by atoms with van der Waals surface area (Å²) in [5.41, 5.74) is 3.68. The number of hydrazone groups is 1. The molecule has 0 aliphatic carbocycles. The minimum absolute atomic E-state index is 0.0608. The van der Waals surface area contributed by atoms with Gasteiger partial charge in [-0.05, 0) is 36.8 Å². The number of Topliss-reactive ketones (excluding diaryl/α,β-unsaturated/α-hetero) is 1. The van der Waals surface area contributed by atoms with Gasteiger partial charge in [-0.25, -0.2) is 5.43 Å². The molecular weight excluding hydrogens is 529 g/mol. The van der Waals surface area contributed by atoms with Crippen LogP contribution in [0, 0.1) is 5.92 Å². The van der Waals surface area contributed by atoms with Crippen LogP contribution in [0.4, 0.5) is 0 Å². The van der Waals surface area contributed by atoms with Crippen molar-refractivity contribution in [1.82, 2.24) is 9.99 Å². The van der Waals surface area contributed by atoms with Crippen molar-refractivity contribution in [3.8, 4) is 0 Å². The highest BCUT2D eigenvalue weighted by atomic mass is 35.5. The molecule has 0 fully saturated rings. The Morgan fingerprint density at radius 1 is 1.11 bits per heavy atom. The number of aliphatic hydroxyl groups is 1. The van der Waals surface area contributed by atoms with Gasteiger partial charge in [0.15, 0.2) is 11.2 Å². The number of nitrogens with zero attached hydrogens (tertiary/aromatic N) is 2. The first-order valence-electron chi connectivity index (χ1n) is 10.4. The molecule has 35 heavy (non-hydrogen) atoms. The van der Waals surface area contributed by atoms with Crippen LogP contribution in [-0.4, -0.2) is 32.8 Å². The van der Waals surface area contributed by atoms with Gasteiger partial charge in [-0.15, -0.1) is 23.1 Å². The second-order valence-electron chi connectivity index (χ2n) is 7.69. The molecular formula is C24H19Cl2N3O4S2. The van der Waals surface area contributed by atoms with E-state index >= 15 is 0 Å². The molecule has 1 atom stereocenters. The monoisotopic (exact) mass is 547 g/mol. The Bertz CT molecular complexity index is 1410. The second-order valence-corrected chi connectivity index (χ2v) is 10.6. The van der Waals surface area contributed by atoms with E-state index in [4.69, 9.17) is 23.2 Å². The van der Waals surface area contributed by atoms with Gasteiger partial charge < -0.3 is 9.67 Å². The van der Waals surface area contributed by atoms with E-state index in [1.165, 1.54) is 36.3 Å². The van der Waals surface area contributed by atoms with Gasteiger partial charge in [-0.2, -0.15) is 5.10 Å². The van der Waals surface area contributed by atoms with Crippen LogP contribution >= 0.6 is 46.3 Å². The molecule has 7 nitrogen and oxygen atoms in total. The number of pyridine rings is 1. The zero-order valence-electron chi connectivity index (χ0n) is 18.3. The number of amides is 1. The average molecular weight is 548 g/mol. The molecule has 3 aromatic rings. The van der Waals surface area contributed by atoms with Gasteiger partial charge >= 0.3 is 0 Å². The lowest BCUT2D eigenvalue weighted by atomic mass is 10.0. The summed E-state index contributed by atoms with van der Waals surface area (Å²) >= 11 is 14.6. The van der Waals surface area contributed by atoms with Gasteiger partial charge in [0, 0.05) is 36.0 Å². The lowest BCUT2D eigenvalue weighted by Crippen LogP contribution is -2.22. The fraction of sp³-hybridized carbons (Fsp3) is 0.167. The van der Waals surface area contributed by atoms with E-state index in [0.717, 1.165) is 16.9 Å². The number of aromatic nitrogens is 1. The van der Waals surface area contributed by atoms with Gasteiger partial charge in [0.2, 0.25) is 0 Å². The fourth-order valence-electron chi connectivity index (χ4n) is 3.34. The summed E-state index contributed by atoms with van der Waals surface area (Å²) in [7, 11) is 0. The smallest absolute Gasteiger partial charge is 0.281 e. The molecule has 0 saturated heterocycles. The summed E-state index contributed by atoms with van der Waals surface area (Å²) in [5.74, 6) is -0.256. The van der Waals surface area contributed by atoms with Crippen molar-refractivity contribution in [2.45, 2.75) is 13.5 Å². The summed E-state index contributed by atoms with van der Waals surface area (Å²) in [6.07, 6.45) is 3.08. The molecule has 4 rings (SSSR count). The van der Waals surface area contributed by atoms with Crippen LogP contribution < -0.4 is 10.9 Å². The van der Waals surface area contributed by atoms with E-state index in [9.17, 15) is 19.5 Å². The number of hydrogen-bond donors (Lipinski definition) is 2. The lowest BCUT2D eigenvalue weighted by Gasteiger charge is -2.10. The molecule has 180 valence electrons. The zero-order valence-corrected chi connectivity index (χ0v) is 21.5. The molecule has 1 amide bonds. The third-order valence-corrected chi connectivity index (χ3v) is 8.37. The minimum atomic E-state index is -0.449. The Hall–Kier alpha value is -2.85. The van der Waals surface area contributed by atoms with Crippen LogP contribution in [0.5, 0.6) is 0 Å². The molecule has 2 aromatic heterocycles. The summed E-state index contributed by atoms with van der Waals surface area (Å²) in [6, 6.07) is 11.1. The first kappa shape index (κ1) is 25.2. The van der Waals surface area contributed by atoms with Crippen molar-refractivity contribution in [3.63, 3.8) is 0 Å². The van der Waals surface area contributed by atoms with Gasteiger partial charge in [0.05, 0.1) is 37.2 Å². The number of carbonyl (C=O) groups excluding carboxylic acids is 2. The Morgan fingerprint density at radius 3 is 2.54 bits per heavy atom. The van der Waals surface area contributed by atoms with Crippen molar-refractivity contribution in [2.75, 3.05) is 5.75 Å². The van der Waals surface area contributed by atoms with Crippen molar-refractivity contribution in [3.05, 3.63) is 96.2 Å². The van der Waals surface area contributed by atoms with Crippen LogP contribution in [0.15, 0.2) is 70.5 Å². The topological polar surface area (TPSA) is 101 Å². The van der Waals surface area contributed by atoms with Gasteiger partial charge in [-0.1, -0.05) is 29.3 Å². The maximum atomic E-state index is 12.6. The summed E-state index contributed by atoms with van der Waals surface area (Å²) in [4.78, 5) is 37.7. The third-order valence-electron chi connectivity index (χ3n) is 5.27. The average Bonchev–Trinajstić information content (AvgIpc) is 3.48. The number of hydrogen-bond acceptors (Lipinski definition) is 7. The third kappa shape index (κ3) is 5.87. The first-order valence-corrected chi connectivity index (χ1v) is 12.9. The van der Waals surface area contributed by atoms with Crippen molar-refractivity contribution in [2.24, 2.45) is 11.0 Å². The van der Waals surface area contributed by atoms with Crippen molar-refractivity contribution >= 4 is 68.6 Å². The van der Waals surface area contributed by atoms with E-state index < -0.39 is 5.91 Å². The summed E-state index contributed by atoms with van der Waals surface area (Å²) in [6.45, 7) is 1.79. The van der Waals surface area contributed by atoms with E-state index in [2.05, 4.69) is 10.5 Å². The standard InChI is InChI=1S/C24H19Cl2N3O4S2/c1-13(16-12-34-23(22(16)32)14-2-3-17(25)18(26)10-14)27-28-24(33)21-5-4-20(35-21)19(31)11-29-8-6-15(30)7-9-29/h2-10,16,32H,11-12H2,1H3,(H,28,33)/b27-13+. The number of thiophene rings is 1. The molecule has 0 bridgehead atoms. The molecule has 0 saturated carbocycles. The number of carbonyl (C=O) groups is 2. The van der Waals surface area contributed by atoms with Crippen LogP contribution in [0.25, 0.3) is 4.91 Å². The normalized spacial score (nSPS) is 16.0. The number of nitrogens with one attached hydrogen (secondary N) is 1. The number of allylic oxidation sites excluding steroid dienone is 1. The van der Waals surface area contributed by atoms with Crippen LogP contribution in [0.2, 0.25) is 10.0 Å².